The molecule has 98 valence electrons. The van der Waals surface area contributed by atoms with E-state index in [2.05, 4.69) is 21.2 Å². The third-order valence-electron chi connectivity index (χ3n) is 3.35. The zero-order valence-electron chi connectivity index (χ0n) is 10.9. The van der Waals surface area contributed by atoms with Crippen LogP contribution < -0.4 is 10.2 Å². The number of carbonyl (C=O) groups is 1. The van der Waals surface area contributed by atoms with Crippen molar-refractivity contribution in [2.45, 2.75) is 32.7 Å². The Hall–Kier alpha value is -0.870. The van der Waals surface area contributed by atoms with Gasteiger partial charge < -0.3 is 10.2 Å². The highest BCUT2D eigenvalue weighted by molar-refractivity contribution is 9.10. The number of nitrogens with one attached hydrogen (secondary N) is 1. The minimum Gasteiger partial charge on any atom is -0.310 e. The molecule has 1 heterocycles. The minimum absolute atomic E-state index is 0.0313. The van der Waals surface area contributed by atoms with Crippen molar-refractivity contribution in [1.82, 2.24) is 5.32 Å². The Balaban J connectivity index is 2.27. The monoisotopic (exact) mass is 310 g/mol. The first kappa shape index (κ1) is 13.6. The number of amides is 1. The third-order valence-corrected chi connectivity index (χ3v) is 4.38. The molecule has 4 heteroatoms. The number of rotatable bonds is 3. The van der Waals surface area contributed by atoms with E-state index >= 15 is 0 Å². The molecule has 1 atom stereocenters. The van der Waals surface area contributed by atoms with Crippen molar-refractivity contribution < 1.29 is 4.79 Å². The first-order valence-corrected chi connectivity index (χ1v) is 7.24. The van der Waals surface area contributed by atoms with Crippen molar-refractivity contribution in [1.29, 1.82) is 0 Å². The summed E-state index contributed by atoms with van der Waals surface area (Å²) in [5.41, 5.74) is 2.15. The van der Waals surface area contributed by atoms with Gasteiger partial charge in [0.1, 0.15) is 0 Å². The van der Waals surface area contributed by atoms with Crippen molar-refractivity contribution >= 4 is 27.5 Å². The van der Waals surface area contributed by atoms with Gasteiger partial charge in [-0.25, -0.2) is 0 Å². The summed E-state index contributed by atoms with van der Waals surface area (Å²) in [7, 11) is 0. The highest BCUT2D eigenvalue weighted by atomic mass is 79.9. The molecule has 1 unspecified atom stereocenters. The zero-order valence-corrected chi connectivity index (χ0v) is 12.5. The smallest absolute Gasteiger partial charge is 0.244 e. The van der Waals surface area contributed by atoms with Crippen molar-refractivity contribution in [3.05, 3.63) is 28.2 Å². The number of anilines is 1. The van der Waals surface area contributed by atoms with Crippen molar-refractivity contribution in [3.8, 4) is 0 Å². The second kappa shape index (κ2) is 5.85. The highest BCUT2D eigenvalue weighted by Crippen LogP contribution is 2.31. The first-order chi connectivity index (χ1) is 8.65. The summed E-state index contributed by atoms with van der Waals surface area (Å²) >= 11 is 3.59. The van der Waals surface area contributed by atoms with E-state index < -0.39 is 0 Å². The molecule has 2 rings (SSSR count). The molecule has 18 heavy (non-hydrogen) atoms. The molecule has 1 aromatic carbocycles. The van der Waals surface area contributed by atoms with E-state index in [1.165, 1.54) is 0 Å². The molecule has 0 bridgehead atoms. The Labute approximate surface area is 117 Å². The van der Waals surface area contributed by atoms with Crippen LogP contribution in [-0.2, 0) is 4.79 Å². The summed E-state index contributed by atoms with van der Waals surface area (Å²) < 4.78 is 1.02. The average Bonchev–Trinajstić information content (AvgIpc) is 2.36. The van der Waals surface area contributed by atoms with Gasteiger partial charge >= 0.3 is 0 Å². The van der Waals surface area contributed by atoms with Crippen molar-refractivity contribution in [2.75, 3.05) is 18.0 Å². The Kier molecular flexibility index (Phi) is 4.40. The Morgan fingerprint density at radius 1 is 1.50 bits per heavy atom. The van der Waals surface area contributed by atoms with Gasteiger partial charge in [-0.1, -0.05) is 19.1 Å². The zero-order chi connectivity index (χ0) is 13.1. The van der Waals surface area contributed by atoms with E-state index in [1.54, 1.807) is 0 Å². The van der Waals surface area contributed by atoms with Crippen LogP contribution in [0.2, 0.25) is 0 Å². The van der Waals surface area contributed by atoms with Gasteiger partial charge in [-0.2, -0.15) is 0 Å². The molecular formula is C14H19BrN2O. The maximum Gasteiger partial charge on any atom is 0.244 e. The number of halogens is 1. The van der Waals surface area contributed by atoms with Gasteiger partial charge in [0, 0.05) is 11.0 Å². The molecule has 1 saturated heterocycles. The Bertz CT molecular complexity index is 445. The molecule has 0 aliphatic carbocycles. The maximum atomic E-state index is 12.4. The number of piperidine rings is 1. The van der Waals surface area contributed by atoms with Gasteiger partial charge in [0.2, 0.25) is 5.91 Å². The van der Waals surface area contributed by atoms with E-state index in [9.17, 15) is 4.79 Å². The topological polar surface area (TPSA) is 32.3 Å². The van der Waals surface area contributed by atoms with Crippen LogP contribution in [0, 0.1) is 6.92 Å². The molecule has 0 aromatic heterocycles. The van der Waals surface area contributed by atoms with E-state index in [0.29, 0.717) is 0 Å². The van der Waals surface area contributed by atoms with Gasteiger partial charge in [-0.3, -0.25) is 4.79 Å². The Morgan fingerprint density at radius 3 is 3.00 bits per heavy atom. The summed E-state index contributed by atoms with van der Waals surface area (Å²) in [6.45, 7) is 5.72. The van der Waals surface area contributed by atoms with E-state index in [-0.39, 0.29) is 11.9 Å². The fourth-order valence-electron chi connectivity index (χ4n) is 2.39. The number of hydrogen-bond donors (Lipinski definition) is 1. The SMILES string of the molecule is CCNC1CCCN(c2cccc(C)c2Br)C1=O. The average molecular weight is 311 g/mol. The van der Waals surface area contributed by atoms with Crippen LogP contribution in [0.1, 0.15) is 25.3 Å². The lowest BCUT2D eigenvalue weighted by Gasteiger charge is -2.33. The first-order valence-electron chi connectivity index (χ1n) is 6.45. The summed E-state index contributed by atoms with van der Waals surface area (Å²) in [5.74, 6) is 0.189. The molecule has 0 spiro atoms. The van der Waals surface area contributed by atoms with Crippen molar-refractivity contribution in [2.24, 2.45) is 0 Å². The molecule has 3 nitrogen and oxygen atoms in total. The second-order valence-electron chi connectivity index (χ2n) is 4.65. The number of carbonyl (C=O) groups excluding carboxylic acids is 1. The van der Waals surface area contributed by atoms with E-state index in [1.807, 2.05) is 36.9 Å². The highest BCUT2D eigenvalue weighted by Gasteiger charge is 2.29. The number of nitrogens with zero attached hydrogens (tertiary/aromatic N) is 1. The van der Waals surface area contributed by atoms with Gasteiger partial charge in [0.15, 0.2) is 0 Å². The molecule has 0 radical (unpaired) electrons. The minimum atomic E-state index is -0.0313. The van der Waals surface area contributed by atoms with Crippen LogP contribution in [-0.4, -0.2) is 25.0 Å². The van der Waals surface area contributed by atoms with Crippen LogP contribution >= 0.6 is 15.9 Å². The molecule has 1 fully saturated rings. The quantitative estimate of drug-likeness (QED) is 0.931. The summed E-state index contributed by atoms with van der Waals surface area (Å²) in [6.07, 6.45) is 1.98. The largest absolute Gasteiger partial charge is 0.310 e. The number of likely N-dealkylation sites (N-methyl/N-ethyl adjacent to an activating group) is 1. The van der Waals surface area contributed by atoms with Crippen molar-refractivity contribution in [3.63, 3.8) is 0 Å². The molecule has 0 saturated carbocycles. The predicted octanol–water partition coefficient (Wildman–Crippen LogP) is 2.86. The van der Waals surface area contributed by atoms with Crippen LogP contribution in [0.25, 0.3) is 0 Å². The fraction of sp³-hybridized carbons (Fsp3) is 0.500. The van der Waals surface area contributed by atoms with Crippen LogP contribution in [0.4, 0.5) is 5.69 Å². The number of hydrogen-bond acceptors (Lipinski definition) is 2. The fourth-order valence-corrected chi connectivity index (χ4v) is 2.87. The number of aryl methyl sites for hydroxylation is 1. The lowest BCUT2D eigenvalue weighted by Crippen LogP contribution is -2.51. The molecule has 1 aliphatic rings. The van der Waals surface area contributed by atoms with Gasteiger partial charge in [0.05, 0.1) is 11.7 Å². The summed E-state index contributed by atoms with van der Waals surface area (Å²) in [6, 6.07) is 6.02. The van der Waals surface area contributed by atoms with Gasteiger partial charge in [-0.05, 0) is 53.9 Å². The van der Waals surface area contributed by atoms with E-state index in [4.69, 9.17) is 0 Å². The van der Waals surface area contributed by atoms with Gasteiger partial charge in [0.25, 0.3) is 0 Å². The van der Waals surface area contributed by atoms with Gasteiger partial charge in [-0.15, -0.1) is 0 Å². The predicted molar refractivity (Wildman–Crippen MR) is 77.9 cm³/mol. The molecule has 1 aromatic rings. The lowest BCUT2D eigenvalue weighted by atomic mass is 10.0. The maximum absolute atomic E-state index is 12.4. The lowest BCUT2D eigenvalue weighted by molar-refractivity contribution is -0.121. The standard InChI is InChI=1S/C14H19BrN2O/c1-3-16-11-7-5-9-17(14(11)18)12-8-4-6-10(2)13(12)15/h4,6,8,11,16H,3,5,7,9H2,1-2H3. The second-order valence-corrected chi connectivity index (χ2v) is 5.44. The molecular weight excluding hydrogens is 292 g/mol. The molecule has 1 amide bonds. The summed E-state index contributed by atoms with van der Waals surface area (Å²) in [5, 5.41) is 3.26. The van der Waals surface area contributed by atoms with Crippen LogP contribution in [0.5, 0.6) is 0 Å². The van der Waals surface area contributed by atoms with Crippen LogP contribution in [0.3, 0.4) is 0 Å². The molecule has 1 N–H and O–H groups in total. The third kappa shape index (κ3) is 2.59. The number of benzene rings is 1. The van der Waals surface area contributed by atoms with E-state index in [0.717, 1.165) is 41.7 Å². The normalized spacial score (nSPS) is 20.3. The Morgan fingerprint density at radius 2 is 2.28 bits per heavy atom. The summed E-state index contributed by atoms with van der Waals surface area (Å²) in [4.78, 5) is 14.3. The van der Waals surface area contributed by atoms with Crippen LogP contribution in [0.15, 0.2) is 22.7 Å². The molecule has 1 aliphatic heterocycles.